The fraction of sp³-hybridized carbons (Fsp3) is 0.429. The lowest BCUT2D eigenvalue weighted by molar-refractivity contribution is -0.140. The first-order valence-corrected chi connectivity index (χ1v) is 11.9. The summed E-state index contributed by atoms with van der Waals surface area (Å²) in [6, 6.07) is 14.0. The van der Waals surface area contributed by atoms with Crippen molar-refractivity contribution in [3.63, 3.8) is 0 Å². The van der Waals surface area contributed by atoms with Gasteiger partial charge in [0.05, 0.1) is 24.3 Å². The molecule has 6 heteroatoms. The van der Waals surface area contributed by atoms with Crippen LogP contribution in [0.2, 0.25) is 0 Å². The maximum absolute atomic E-state index is 13.1. The topological polar surface area (TPSA) is 76.1 Å². The number of benzene rings is 2. The van der Waals surface area contributed by atoms with E-state index in [1.807, 2.05) is 45.0 Å². The van der Waals surface area contributed by atoms with Crippen LogP contribution in [-0.4, -0.2) is 47.6 Å². The normalized spacial score (nSPS) is 17.7. The molecule has 1 aliphatic heterocycles. The molecule has 3 rings (SSSR count). The van der Waals surface area contributed by atoms with Gasteiger partial charge in [-0.15, -0.1) is 0 Å². The van der Waals surface area contributed by atoms with Crippen LogP contribution < -0.4 is 4.74 Å². The number of Topliss-reactive ketones (excluding diaryl/α,β-unsaturated/α-hetero) is 1. The van der Waals surface area contributed by atoms with Gasteiger partial charge in [-0.25, -0.2) is 0 Å². The van der Waals surface area contributed by atoms with E-state index in [-0.39, 0.29) is 17.4 Å². The van der Waals surface area contributed by atoms with Crippen LogP contribution in [-0.2, 0) is 14.3 Å². The van der Waals surface area contributed by atoms with E-state index in [4.69, 9.17) is 9.47 Å². The highest BCUT2D eigenvalue weighted by molar-refractivity contribution is 6.46. The second-order valence-electron chi connectivity index (χ2n) is 9.41. The highest BCUT2D eigenvalue weighted by Crippen LogP contribution is 2.39. The molecule has 0 spiro atoms. The zero-order valence-electron chi connectivity index (χ0n) is 20.7. The Morgan fingerprint density at radius 1 is 1.06 bits per heavy atom. The summed E-state index contributed by atoms with van der Waals surface area (Å²) in [6.45, 7) is 11.4. The lowest BCUT2D eigenvalue weighted by Crippen LogP contribution is -2.31. The number of ether oxygens (including phenoxy) is 2. The Kier molecular flexibility index (Phi) is 8.51. The fourth-order valence-corrected chi connectivity index (χ4v) is 3.98. The smallest absolute Gasteiger partial charge is 0.295 e. The van der Waals surface area contributed by atoms with Gasteiger partial charge >= 0.3 is 0 Å². The van der Waals surface area contributed by atoms with Gasteiger partial charge in [0, 0.05) is 18.7 Å². The summed E-state index contributed by atoms with van der Waals surface area (Å²) in [5, 5.41) is 11.2. The number of aryl methyl sites for hydroxylation is 1. The van der Waals surface area contributed by atoms with E-state index >= 15 is 0 Å². The molecule has 0 saturated carbocycles. The molecule has 1 amide bonds. The molecule has 0 bridgehead atoms. The van der Waals surface area contributed by atoms with Crippen molar-refractivity contribution in [3.05, 3.63) is 70.8 Å². The summed E-state index contributed by atoms with van der Waals surface area (Å²) in [5.41, 5.74) is 2.38. The predicted molar refractivity (Wildman–Crippen MR) is 133 cm³/mol. The number of hydrogen-bond acceptors (Lipinski definition) is 5. The lowest BCUT2D eigenvalue weighted by atomic mass is 9.94. The standard InChI is InChI=1S/C28H35NO5/c1-18(2)17-34-23-12-10-21(11-13-23)26(30)24-25(22-9-6-8-20(5)16-22)29(28(32)27(24)31)14-7-15-33-19(3)4/h6,8-13,16,18-19,25,30H,7,14-15,17H2,1-5H3/b26-24-. The van der Waals surface area contributed by atoms with E-state index in [1.165, 1.54) is 0 Å². The SMILES string of the molecule is Cc1cccc(C2/C(=C(/O)c3ccc(OCC(C)C)cc3)C(=O)C(=O)N2CCCOC(C)C)c1. The van der Waals surface area contributed by atoms with Gasteiger partial charge < -0.3 is 19.5 Å². The minimum absolute atomic E-state index is 0.0930. The molecule has 182 valence electrons. The maximum Gasteiger partial charge on any atom is 0.295 e. The van der Waals surface area contributed by atoms with Crippen LogP contribution in [0.4, 0.5) is 0 Å². The van der Waals surface area contributed by atoms with E-state index in [0.29, 0.717) is 43.4 Å². The summed E-state index contributed by atoms with van der Waals surface area (Å²) in [5.74, 6) is -0.375. The number of amides is 1. The van der Waals surface area contributed by atoms with Crippen molar-refractivity contribution < 1.29 is 24.2 Å². The molecule has 34 heavy (non-hydrogen) atoms. The number of aliphatic hydroxyl groups excluding tert-OH is 1. The Labute approximate surface area is 202 Å². The number of hydrogen-bond donors (Lipinski definition) is 1. The third kappa shape index (κ3) is 6.06. The largest absolute Gasteiger partial charge is 0.507 e. The molecule has 1 aliphatic rings. The quantitative estimate of drug-likeness (QED) is 0.224. The zero-order valence-corrected chi connectivity index (χ0v) is 20.7. The van der Waals surface area contributed by atoms with E-state index in [2.05, 4.69) is 13.8 Å². The maximum atomic E-state index is 13.1. The first kappa shape index (κ1) is 25.5. The molecule has 0 radical (unpaired) electrons. The Bertz CT molecular complexity index is 1040. The van der Waals surface area contributed by atoms with Crippen molar-refractivity contribution in [2.75, 3.05) is 19.8 Å². The molecule has 1 heterocycles. The molecular formula is C28H35NO5. The number of likely N-dealkylation sites (tertiary alicyclic amines) is 1. The highest BCUT2D eigenvalue weighted by atomic mass is 16.5. The van der Waals surface area contributed by atoms with Crippen molar-refractivity contribution in [3.8, 4) is 5.75 Å². The van der Waals surface area contributed by atoms with Crippen LogP contribution in [0.3, 0.4) is 0 Å². The summed E-state index contributed by atoms with van der Waals surface area (Å²) in [4.78, 5) is 27.7. The van der Waals surface area contributed by atoms with Crippen molar-refractivity contribution in [2.45, 2.75) is 53.2 Å². The third-order valence-electron chi connectivity index (χ3n) is 5.60. The minimum atomic E-state index is -0.672. The fourth-order valence-electron chi connectivity index (χ4n) is 3.98. The molecule has 1 atom stereocenters. The molecule has 1 N–H and O–H groups in total. The number of nitrogens with zero attached hydrogens (tertiary/aromatic N) is 1. The minimum Gasteiger partial charge on any atom is -0.507 e. The number of rotatable bonds is 10. The van der Waals surface area contributed by atoms with Crippen molar-refractivity contribution in [1.29, 1.82) is 0 Å². The molecule has 0 aliphatic carbocycles. The van der Waals surface area contributed by atoms with Crippen LogP contribution >= 0.6 is 0 Å². The molecule has 1 saturated heterocycles. The average Bonchev–Trinajstić information content (AvgIpc) is 3.05. The van der Waals surface area contributed by atoms with Gasteiger partial charge in [-0.3, -0.25) is 9.59 Å². The van der Waals surface area contributed by atoms with Crippen LogP contribution in [0.25, 0.3) is 5.76 Å². The second-order valence-corrected chi connectivity index (χ2v) is 9.41. The van der Waals surface area contributed by atoms with Crippen molar-refractivity contribution in [1.82, 2.24) is 4.90 Å². The number of carbonyl (C=O) groups is 2. The first-order valence-electron chi connectivity index (χ1n) is 11.9. The Morgan fingerprint density at radius 3 is 2.38 bits per heavy atom. The Balaban J connectivity index is 1.96. The Hall–Kier alpha value is -3.12. The van der Waals surface area contributed by atoms with Crippen molar-refractivity contribution in [2.24, 2.45) is 5.92 Å². The van der Waals surface area contributed by atoms with E-state index in [0.717, 1.165) is 11.1 Å². The lowest BCUT2D eigenvalue weighted by Gasteiger charge is -2.25. The number of aliphatic hydroxyl groups is 1. The molecule has 0 aromatic heterocycles. The first-order chi connectivity index (χ1) is 16.2. The van der Waals surface area contributed by atoms with Gasteiger partial charge in [-0.05, 0) is 62.9 Å². The van der Waals surface area contributed by atoms with Gasteiger partial charge in [-0.2, -0.15) is 0 Å². The summed E-state index contributed by atoms with van der Waals surface area (Å²) in [6.07, 6.45) is 0.686. The van der Waals surface area contributed by atoms with Gasteiger partial charge in [0.15, 0.2) is 0 Å². The molecule has 1 fully saturated rings. The van der Waals surface area contributed by atoms with Crippen LogP contribution in [0, 0.1) is 12.8 Å². The van der Waals surface area contributed by atoms with E-state index < -0.39 is 17.7 Å². The van der Waals surface area contributed by atoms with Gasteiger partial charge in [-0.1, -0.05) is 43.7 Å². The van der Waals surface area contributed by atoms with Gasteiger partial charge in [0.1, 0.15) is 11.5 Å². The summed E-state index contributed by atoms with van der Waals surface area (Å²) >= 11 is 0. The van der Waals surface area contributed by atoms with Crippen LogP contribution in [0.1, 0.15) is 56.8 Å². The van der Waals surface area contributed by atoms with Gasteiger partial charge in [0.2, 0.25) is 0 Å². The monoisotopic (exact) mass is 465 g/mol. The van der Waals surface area contributed by atoms with Gasteiger partial charge in [0.25, 0.3) is 11.7 Å². The van der Waals surface area contributed by atoms with Crippen LogP contribution in [0.15, 0.2) is 54.1 Å². The second kappa shape index (κ2) is 11.3. The van der Waals surface area contributed by atoms with Crippen LogP contribution in [0.5, 0.6) is 5.75 Å². The molecule has 1 unspecified atom stereocenters. The number of carbonyl (C=O) groups excluding carboxylic acids is 2. The van der Waals surface area contributed by atoms with E-state index in [1.54, 1.807) is 29.2 Å². The van der Waals surface area contributed by atoms with Crippen molar-refractivity contribution >= 4 is 17.4 Å². The molecule has 2 aromatic carbocycles. The highest BCUT2D eigenvalue weighted by Gasteiger charge is 2.45. The average molecular weight is 466 g/mol. The molecule has 6 nitrogen and oxygen atoms in total. The predicted octanol–water partition coefficient (Wildman–Crippen LogP) is 5.27. The summed E-state index contributed by atoms with van der Waals surface area (Å²) in [7, 11) is 0. The zero-order chi connectivity index (χ0) is 24.8. The molecule has 2 aromatic rings. The third-order valence-corrected chi connectivity index (χ3v) is 5.60. The van der Waals surface area contributed by atoms with E-state index in [9.17, 15) is 14.7 Å². The Morgan fingerprint density at radius 2 is 1.76 bits per heavy atom. The molecular weight excluding hydrogens is 430 g/mol. The number of ketones is 1. The summed E-state index contributed by atoms with van der Waals surface area (Å²) < 4.78 is 11.3.